The van der Waals surface area contributed by atoms with E-state index in [1.54, 1.807) is 12.1 Å². The number of carbonyl (C=O) groups excluding carboxylic acids is 2. The largest absolute Gasteiger partial charge is 0.423 e. The van der Waals surface area contributed by atoms with Crippen molar-refractivity contribution < 1.29 is 14.3 Å². The van der Waals surface area contributed by atoms with Crippen LogP contribution in [-0.4, -0.2) is 17.8 Å². The van der Waals surface area contributed by atoms with Crippen LogP contribution < -0.4 is 10.1 Å². The number of carbonyl (C=O) groups is 2. The standard InChI is InChI=1S/C9H6ClNO3/c10-9(13)5-1-2-6-7(3-5)14-8(12)4-11-6/h1-3,11H,4H2. The highest BCUT2D eigenvalue weighted by Crippen LogP contribution is 2.28. The second kappa shape index (κ2) is 3.31. The molecule has 1 aliphatic heterocycles. The first-order valence-electron chi connectivity index (χ1n) is 3.95. The average molecular weight is 212 g/mol. The van der Waals surface area contributed by atoms with E-state index in [1.807, 2.05) is 0 Å². The molecule has 0 bridgehead atoms. The molecule has 1 N–H and O–H groups in total. The molecule has 14 heavy (non-hydrogen) atoms. The molecule has 4 nitrogen and oxygen atoms in total. The van der Waals surface area contributed by atoms with E-state index in [1.165, 1.54) is 6.07 Å². The summed E-state index contributed by atoms with van der Waals surface area (Å²) in [5.41, 5.74) is 0.994. The Morgan fingerprint density at radius 3 is 3.00 bits per heavy atom. The van der Waals surface area contributed by atoms with Crippen molar-refractivity contribution in [2.75, 3.05) is 11.9 Å². The van der Waals surface area contributed by atoms with Crippen LogP contribution in [0.5, 0.6) is 5.75 Å². The summed E-state index contributed by atoms with van der Waals surface area (Å²) < 4.78 is 4.91. The van der Waals surface area contributed by atoms with Crippen LogP contribution in [0.4, 0.5) is 5.69 Å². The summed E-state index contributed by atoms with van der Waals surface area (Å²) in [7, 11) is 0. The van der Waals surface area contributed by atoms with Gasteiger partial charge in [0.05, 0.1) is 5.69 Å². The van der Waals surface area contributed by atoms with E-state index < -0.39 is 5.24 Å². The Morgan fingerprint density at radius 2 is 2.29 bits per heavy atom. The van der Waals surface area contributed by atoms with Gasteiger partial charge < -0.3 is 10.1 Å². The van der Waals surface area contributed by atoms with Gasteiger partial charge in [-0.15, -0.1) is 0 Å². The van der Waals surface area contributed by atoms with Gasteiger partial charge in [0.1, 0.15) is 6.54 Å². The minimum absolute atomic E-state index is 0.140. The average Bonchev–Trinajstić information content (AvgIpc) is 2.16. The molecule has 0 aromatic heterocycles. The van der Waals surface area contributed by atoms with Crippen LogP contribution in [-0.2, 0) is 4.79 Å². The summed E-state index contributed by atoms with van der Waals surface area (Å²) in [4.78, 5) is 21.7. The zero-order valence-corrected chi connectivity index (χ0v) is 7.80. The van der Waals surface area contributed by atoms with Crippen LogP contribution in [0.25, 0.3) is 0 Å². The Labute approximate surface area is 84.8 Å². The number of esters is 1. The Kier molecular flexibility index (Phi) is 2.13. The topological polar surface area (TPSA) is 55.4 Å². The van der Waals surface area contributed by atoms with Gasteiger partial charge in [0.15, 0.2) is 5.75 Å². The first-order valence-corrected chi connectivity index (χ1v) is 4.33. The van der Waals surface area contributed by atoms with Gasteiger partial charge in [-0.2, -0.15) is 0 Å². The second-order valence-corrected chi connectivity index (χ2v) is 3.16. The highest BCUT2D eigenvalue weighted by molar-refractivity contribution is 6.67. The van der Waals surface area contributed by atoms with Crippen molar-refractivity contribution in [2.45, 2.75) is 0 Å². The van der Waals surface area contributed by atoms with Gasteiger partial charge in [-0.3, -0.25) is 4.79 Å². The lowest BCUT2D eigenvalue weighted by Crippen LogP contribution is -2.25. The molecule has 0 fully saturated rings. The molecular weight excluding hydrogens is 206 g/mol. The number of anilines is 1. The molecule has 0 saturated heterocycles. The van der Waals surface area contributed by atoms with Gasteiger partial charge in [0.2, 0.25) is 0 Å². The number of ether oxygens (including phenoxy) is 1. The van der Waals surface area contributed by atoms with Gasteiger partial charge in [0.25, 0.3) is 5.24 Å². The van der Waals surface area contributed by atoms with Crippen LogP contribution in [0.3, 0.4) is 0 Å². The minimum Gasteiger partial charge on any atom is -0.423 e. The van der Waals surface area contributed by atoms with E-state index in [9.17, 15) is 9.59 Å². The molecule has 0 amide bonds. The lowest BCUT2D eigenvalue weighted by atomic mass is 10.2. The molecule has 5 heteroatoms. The lowest BCUT2D eigenvalue weighted by molar-refractivity contribution is -0.132. The van der Waals surface area contributed by atoms with Crippen molar-refractivity contribution in [1.29, 1.82) is 0 Å². The van der Waals surface area contributed by atoms with Crippen LogP contribution >= 0.6 is 11.6 Å². The quantitative estimate of drug-likeness (QED) is 0.433. The summed E-state index contributed by atoms with van der Waals surface area (Å²) in [5, 5.41) is 2.27. The molecule has 1 heterocycles. The Hall–Kier alpha value is -1.55. The molecule has 1 aliphatic rings. The Bertz CT molecular complexity index is 417. The van der Waals surface area contributed by atoms with Crippen molar-refractivity contribution in [1.82, 2.24) is 0 Å². The van der Waals surface area contributed by atoms with Gasteiger partial charge in [-0.1, -0.05) is 0 Å². The highest BCUT2D eigenvalue weighted by atomic mass is 35.5. The zero-order chi connectivity index (χ0) is 10.1. The molecule has 0 saturated carbocycles. The molecule has 1 aromatic carbocycles. The fourth-order valence-electron chi connectivity index (χ4n) is 1.20. The van der Waals surface area contributed by atoms with Gasteiger partial charge >= 0.3 is 5.97 Å². The number of hydrogen-bond donors (Lipinski definition) is 1. The number of fused-ring (bicyclic) bond motifs is 1. The fraction of sp³-hybridized carbons (Fsp3) is 0.111. The van der Waals surface area contributed by atoms with Crippen LogP contribution in [0.1, 0.15) is 10.4 Å². The molecule has 2 rings (SSSR count). The predicted octanol–water partition coefficient (Wildman–Crippen LogP) is 1.40. The van der Waals surface area contributed by atoms with E-state index >= 15 is 0 Å². The summed E-state index contributed by atoms with van der Waals surface area (Å²) in [6, 6.07) is 4.66. The van der Waals surface area contributed by atoms with Crippen molar-refractivity contribution in [3.8, 4) is 5.75 Å². The van der Waals surface area contributed by atoms with E-state index in [4.69, 9.17) is 16.3 Å². The molecule has 0 aliphatic carbocycles. The third-order valence-electron chi connectivity index (χ3n) is 1.86. The number of nitrogens with one attached hydrogen (secondary N) is 1. The van der Waals surface area contributed by atoms with Crippen molar-refractivity contribution in [2.24, 2.45) is 0 Å². The normalized spacial score (nSPS) is 13.9. The number of benzene rings is 1. The Morgan fingerprint density at radius 1 is 1.50 bits per heavy atom. The molecule has 1 aromatic rings. The van der Waals surface area contributed by atoms with Crippen LogP contribution in [0.15, 0.2) is 18.2 Å². The predicted molar refractivity (Wildman–Crippen MR) is 50.8 cm³/mol. The first kappa shape index (κ1) is 9.02. The SMILES string of the molecule is O=C1CNc2ccc(C(=O)Cl)cc2O1. The van der Waals surface area contributed by atoms with Crippen LogP contribution in [0, 0.1) is 0 Å². The van der Waals surface area contributed by atoms with Crippen LogP contribution in [0.2, 0.25) is 0 Å². The maximum Gasteiger partial charge on any atom is 0.330 e. The summed E-state index contributed by atoms with van der Waals surface area (Å²) in [6.45, 7) is 0.140. The monoisotopic (exact) mass is 211 g/mol. The molecule has 72 valence electrons. The van der Waals surface area contributed by atoms with E-state index in [2.05, 4.69) is 5.32 Å². The summed E-state index contributed by atoms with van der Waals surface area (Å²) in [6.07, 6.45) is 0. The molecule has 0 spiro atoms. The number of rotatable bonds is 1. The van der Waals surface area contributed by atoms with E-state index in [0.29, 0.717) is 17.0 Å². The Balaban J connectivity index is 2.42. The first-order chi connectivity index (χ1) is 6.66. The minimum atomic E-state index is -0.575. The second-order valence-electron chi connectivity index (χ2n) is 2.81. The smallest absolute Gasteiger partial charge is 0.330 e. The summed E-state index contributed by atoms with van der Waals surface area (Å²) in [5.74, 6) is -0.0376. The fourth-order valence-corrected chi connectivity index (χ4v) is 1.32. The van der Waals surface area contributed by atoms with E-state index in [0.717, 1.165) is 0 Å². The van der Waals surface area contributed by atoms with Crippen molar-refractivity contribution >= 4 is 28.5 Å². The maximum absolute atomic E-state index is 10.9. The third kappa shape index (κ3) is 1.56. The number of halogens is 1. The van der Waals surface area contributed by atoms with Gasteiger partial charge in [-0.25, -0.2) is 4.79 Å². The van der Waals surface area contributed by atoms with Crippen molar-refractivity contribution in [3.63, 3.8) is 0 Å². The molecule has 0 atom stereocenters. The maximum atomic E-state index is 10.9. The number of hydrogen-bond acceptors (Lipinski definition) is 4. The zero-order valence-electron chi connectivity index (χ0n) is 7.04. The van der Waals surface area contributed by atoms with E-state index in [-0.39, 0.29) is 12.5 Å². The highest BCUT2D eigenvalue weighted by Gasteiger charge is 2.17. The van der Waals surface area contributed by atoms with Crippen molar-refractivity contribution in [3.05, 3.63) is 23.8 Å². The van der Waals surface area contributed by atoms with Gasteiger partial charge in [0, 0.05) is 5.56 Å². The molecule has 0 radical (unpaired) electrons. The summed E-state index contributed by atoms with van der Waals surface area (Å²) >= 11 is 5.28. The molecular formula is C9H6ClNO3. The third-order valence-corrected chi connectivity index (χ3v) is 2.07. The van der Waals surface area contributed by atoms with Gasteiger partial charge in [-0.05, 0) is 29.8 Å². The molecule has 0 unspecified atom stereocenters. The lowest BCUT2D eigenvalue weighted by Gasteiger charge is -2.17.